The summed E-state index contributed by atoms with van der Waals surface area (Å²) in [5.41, 5.74) is -1.20. The van der Waals surface area contributed by atoms with Gasteiger partial charge in [-0.3, -0.25) is 19.3 Å². The molecule has 10 nitrogen and oxygen atoms in total. The highest BCUT2D eigenvalue weighted by atomic mass is 16.6. The number of nitrogens with zero attached hydrogens (tertiary/aromatic N) is 3. The van der Waals surface area contributed by atoms with Gasteiger partial charge in [0.15, 0.2) is 0 Å². The van der Waals surface area contributed by atoms with Crippen molar-refractivity contribution < 1.29 is 33.7 Å². The van der Waals surface area contributed by atoms with Gasteiger partial charge in [0, 0.05) is 32.7 Å². The molecule has 6 atom stereocenters. The molecule has 0 aliphatic carbocycles. The van der Waals surface area contributed by atoms with Crippen molar-refractivity contribution in [1.82, 2.24) is 14.7 Å². The Morgan fingerprint density at radius 2 is 1.93 bits per heavy atom. The summed E-state index contributed by atoms with van der Waals surface area (Å²) in [5.74, 6) is -2.81. The number of benzene rings is 1. The van der Waals surface area contributed by atoms with Crippen molar-refractivity contribution in [1.29, 1.82) is 0 Å². The third kappa shape index (κ3) is 5.90. The van der Waals surface area contributed by atoms with Crippen LogP contribution in [0.25, 0.3) is 0 Å². The third-order valence-electron chi connectivity index (χ3n) is 9.64. The topological polar surface area (TPSA) is 109 Å². The molecule has 43 heavy (non-hydrogen) atoms. The van der Waals surface area contributed by atoms with Crippen molar-refractivity contribution in [3.05, 3.63) is 61.2 Å². The summed E-state index contributed by atoms with van der Waals surface area (Å²) < 4.78 is 17.8. The first-order chi connectivity index (χ1) is 20.8. The minimum atomic E-state index is -1.20. The number of carbonyl (C=O) groups is 3. The maximum absolute atomic E-state index is 14.7. The second-order valence-electron chi connectivity index (χ2n) is 12.3. The number of aliphatic hydroxyl groups excluding tert-OH is 1. The Morgan fingerprint density at radius 1 is 1.19 bits per heavy atom. The van der Waals surface area contributed by atoms with Crippen molar-refractivity contribution in [2.45, 2.75) is 55.9 Å². The molecule has 4 aliphatic heterocycles. The van der Waals surface area contributed by atoms with E-state index in [2.05, 4.69) is 18.1 Å². The van der Waals surface area contributed by atoms with Crippen LogP contribution in [0.1, 0.15) is 31.7 Å². The molecule has 4 saturated heterocycles. The summed E-state index contributed by atoms with van der Waals surface area (Å²) in [7, 11) is 0. The Hall–Kier alpha value is -3.05. The SMILES string of the molecule is C=CCCOC(=O)[C@H]1[C@H]2C(=O)N([C@@H](CO)Cc3ccccc3)C(C(=O)N(CC=C)CCN3CCOCC3)C23CC[C@]1(C)O3. The fraction of sp³-hybridized carbons (Fsp3) is 0.606. The normalized spacial score (nSPS) is 30.6. The molecular formula is C33H45N3O7. The molecule has 2 unspecified atom stereocenters. The smallest absolute Gasteiger partial charge is 0.312 e. The number of amides is 2. The number of hydrogen-bond acceptors (Lipinski definition) is 8. The van der Waals surface area contributed by atoms with Gasteiger partial charge in [0.05, 0.1) is 44.0 Å². The maximum atomic E-state index is 14.7. The van der Waals surface area contributed by atoms with E-state index in [1.165, 1.54) is 0 Å². The Labute approximate surface area is 254 Å². The number of esters is 1. The fourth-order valence-corrected chi connectivity index (χ4v) is 7.57. The van der Waals surface area contributed by atoms with Gasteiger partial charge in [-0.2, -0.15) is 0 Å². The van der Waals surface area contributed by atoms with Crippen LogP contribution in [0, 0.1) is 11.8 Å². The summed E-state index contributed by atoms with van der Waals surface area (Å²) in [6.45, 7) is 13.5. The Balaban J connectivity index is 1.50. The largest absolute Gasteiger partial charge is 0.465 e. The van der Waals surface area contributed by atoms with Gasteiger partial charge in [-0.05, 0) is 38.2 Å². The number of ether oxygens (including phenoxy) is 3. The molecule has 1 aromatic carbocycles. The van der Waals surface area contributed by atoms with Crippen LogP contribution in [-0.2, 0) is 35.0 Å². The Bertz CT molecular complexity index is 1190. The molecule has 2 amide bonds. The lowest BCUT2D eigenvalue weighted by Gasteiger charge is -2.40. The lowest BCUT2D eigenvalue weighted by Crippen LogP contribution is -2.60. The molecule has 4 heterocycles. The van der Waals surface area contributed by atoms with Crippen molar-refractivity contribution >= 4 is 17.8 Å². The molecule has 2 bridgehead atoms. The second-order valence-corrected chi connectivity index (χ2v) is 12.3. The van der Waals surface area contributed by atoms with Crippen LogP contribution in [0.4, 0.5) is 0 Å². The van der Waals surface area contributed by atoms with Crippen LogP contribution >= 0.6 is 0 Å². The third-order valence-corrected chi connectivity index (χ3v) is 9.64. The van der Waals surface area contributed by atoms with Gasteiger partial charge in [-0.1, -0.05) is 42.5 Å². The summed E-state index contributed by atoms with van der Waals surface area (Å²) in [6.07, 6.45) is 5.19. The summed E-state index contributed by atoms with van der Waals surface area (Å²) >= 11 is 0. The van der Waals surface area contributed by atoms with Crippen LogP contribution in [0.3, 0.4) is 0 Å². The van der Waals surface area contributed by atoms with E-state index in [-0.39, 0.29) is 25.0 Å². The fourth-order valence-electron chi connectivity index (χ4n) is 7.57. The number of hydrogen-bond donors (Lipinski definition) is 1. The molecule has 0 saturated carbocycles. The van der Waals surface area contributed by atoms with Gasteiger partial charge in [0.2, 0.25) is 11.8 Å². The first-order valence-corrected chi connectivity index (χ1v) is 15.4. The molecule has 1 N–H and O–H groups in total. The van der Waals surface area contributed by atoms with Gasteiger partial charge < -0.3 is 29.1 Å². The van der Waals surface area contributed by atoms with Crippen molar-refractivity contribution in [3.8, 4) is 0 Å². The van der Waals surface area contributed by atoms with E-state index < -0.39 is 41.1 Å². The predicted octanol–water partition coefficient (Wildman–Crippen LogP) is 1.82. The van der Waals surface area contributed by atoms with Crippen LogP contribution in [0.15, 0.2) is 55.6 Å². The average Bonchev–Trinajstić information content (AvgIpc) is 3.59. The van der Waals surface area contributed by atoms with E-state index in [1.807, 2.05) is 37.3 Å². The van der Waals surface area contributed by atoms with Crippen LogP contribution < -0.4 is 0 Å². The minimum absolute atomic E-state index is 0.164. The van der Waals surface area contributed by atoms with Gasteiger partial charge in [-0.15, -0.1) is 13.2 Å². The van der Waals surface area contributed by atoms with Crippen molar-refractivity contribution in [3.63, 3.8) is 0 Å². The summed E-state index contributed by atoms with van der Waals surface area (Å²) in [6, 6.07) is 7.92. The predicted molar refractivity (Wildman–Crippen MR) is 160 cm³/mol. The van der Waals surface area contributed by atoms with Crippen LogP contribution in [0.5, 0.6) is 0 Å². The molecule has 0 aromatic heterocycles. The lowest BCUT2D eigenvalue weighted by atomic mass is 9.66. The molecule has 5 rings (SSSR count). The highest BCUT2D eigenvalue weighted by Gasteiger charge is 2.79. The van der Waals surface area contributed by atoms with E-state index in [0.29, 0.717) is 58.5 Å². The van der Waals surface area contributed by atoms with Gasteiger partial charge >= 0.3 is 5.97 Å². The molecular weight excluding hydrogens is 550 g/mol. The van der Waals surface area contributed by atoms with Crippen molar-refractivity contribution in [2.75, 3.05) is 59.2 Å². The quantitative estimate of drug-likeness (QED) is 0.197. The molecule has 1 aromatic rings. The summed E-state index contributed by atoms with van der Waals surface area (Å²) in [4.78, 5) is 48.3. The highest BCUT2D eigenvalue weighted by molar-refractivity contribution is 5.98. The molecule has 0 radical (unpaired) electrons. The number of aliphatic hydroxyl groups is 1. The molecule has 10 heteroatoms. The van der Waals surface area contributed by atoms with Crippen LogP contribution in [0.2, 0.25) is 0 Å². The maximum Gasteiger partial charge on any atom is 0.312 e. The van der Waals surface area contributed by atoms with Crippen molar-refractivity contribution in [2.24, 2.45) is 11.8 Å². The van der Waals surface area contributed by atoms with Gasteiger partial charge in [-0.25, -0.2) is 0 Å². The first kappa shape index (κ1) is 31.4. The number of likely N-dealkylation sites (tertiary alicyclic amines) is 1. The van der Waals surface area contributed by atoms with E-state index in [9.17, 15) is 19.5 Å². The number of fused-ring (bicyclic) bond motifs is 1. The number of carbonyl (C=O) groups excluding carboxylic acids is 3. The zero-order valence-electron chi connectivity index (χ0n) is 25.2. The summed E-state index contributed by atoms with van der Waals surface area (Å²) in [5, 5.41) is 10.7. The minimum Gasteiger partial charge on any atom is -0.465 e. The molecule has 4 fully saturated rings. The van der Waals surface area contributed by atoms with E-state index in [0.717, 1.165) is 18.7 Å². The standard InChI is InChI=1S/C33H45N3O7/c1-4-6-19-42-31(40)27-26-29(38)36(25(23-37)22-24-10-8-7-9-11-24)28(33(26)13-12-32(27,3)43-33)30(39)35(14-5-2)16-15-34-17-20-41-21-18-34/h4-5,7-11,25-28,37H,1-2,6,12-23H2,3H3/t25-,26+,27-,28?,32+,33?/m1/s1. The molecule has 4 aliphatic rings. The second kappa shape index (κ2) is 13.3. The zero-order chi connectivity index (χ0) is 30.6. The number of rotatable bonds is 14. The lowest BCUT2D eigenvalue weighted by molar-refractivity contribution is -0.162. The molecule has 234 valence electrons. The van der Waals surface area contributed by atoms with E-state index >= 15 is 0 Å². The molecule has 1 spiro atoms. The van der Waals surface area contributed by atoms with Gasteiger partial charge in [0.1, 0.15) is 17.6 Å². The average molecular weight is 596 g/mol. The van der Waals surface area contributed by atoms with Crippen LogP contribution in [-0.4, -0.2) is 120 Å². The Kier molecular flexibility index (Phi) is 9.70. The first-order valence-electron chi connectivity index (χ1n) is 15.4. The monoisotopic (exact) mass is 595 g/mol. The van der Waals surface area contributed by atoms with E-state index in [4.69, 9.17) is 14.2 Å². The zero-order valence-corrected chi connectivity index (χ0v) is 25.2. The number of morpholine rings is 1. The van der Waals surface area contributed by atoms with E-state index in [1.54, 1.807) is 22.0 Å². The van der Waals surface area contributed by atoms with Gasteiger partial charge in [0.25, 0.3) is 0 Å². The highest BCUT2D eigenvalue weighted by Crippen LogP contribution is 2.63. The Morgan fingerprint density at radius 3 is 2.60 bits per heavy atom.